The maximum atomic E-state index is 12.8. The van der Waals surface area contributed by atoms with Crippen molar-refractivity contribution in [1.29, 1.82) is 0 Å². The van der Waals surface area contributed by atoms with Crippen LogP contribution >= 0.6 is 0 Å². The Hall–Kier alpha value is -1.35. The van der Waals surface area contributed by atoms with Crippen LogP contribution in [0.1, 0.15) is 61.0 Å². The summed E-state index contributed by atoms with van der Waals surface area (Å²) in [5.74, 6) is 0.986. The molecular formula is C19H26O3. The van der Waals surface area contributed by atoms with Gasteiger partial charge in [-0.2, -0.15) is 0 Å². The molecule has 0 heterocycles. The Bertz CT molecular complexity index is 617. The quantitative estimate of drug-likeness (QED) is 0.860. The number of hydrogen-bond acceptors (Lipinski definition) is 3. The molecule has 0 spiro atoms. The van der Waals surface area contributed by atoms with Gasteiger partial charge in [0.15, 0.2) is 5.78 Å². The smallest absolute Gasteiger partial charge is 0.163 e. The second-order valence-corrected chi connectivity index (χ2v) is 7.78. The van der Waals surface area contributed by atoms with Crippen molar-refractivity contribution in [2.75, 3.05) is 7.11 Å². The number of aliphatic hydroxyl groups is 1. The number of rotatable bonds is 1. The summed E-state index contributed by atoms with van der Waals surface area (Å²) in [7, 11) is 1.65. The Kier molecular flexibility index (Phi) is 3.59. The number of aryl methyl sites for hydroxylation is 1. The molecule has 1 saturated carbocycles. The second-order valence-electron chi connectivity index (χ2n) is 7.78. The van der Waals surface area contributed by atoms with E-state index in [1.54, 1.807) is 7.11 Å². The molecule has 1 aromatic rings. The summed E-state index contributed by atoms with van der Waals surface area (Å²) in [6.45, 7) is 6.34. The van der Waals surface area contributed by atoms with Crippen LogP contribution < -0.4 is 4.74 Å². The molecule has 0 radical (unpaired) electrons. The average molecular weight is 302 g/mol. The summed E-state index contributed by atoms with van der Waals surface area (Å²) < 4.78 is 5.40. The van der Waals surface area contributed by atoms with Crippen LogP contribution in [0.4, 0.5) is 0 Å². The first kappa shape index (κ1) is 15.5. The Balaban J connectivity index is 2.11. The number of benzene rings is 1. The molecular weight excluding hydrogens is 276 g/mol. The third kappa shape index (κ3) is 2.36. The van der Waals surface area contributed by atoms with Gasteiger partial charge in [-0.15, -0.1) is 0 Å². The van der Waals surface area contributed by atoms with Crippen LogP contribution in [0.3, 0.4) is 0 Å². The van der Waals surface area contributed by atoms with Crippen molar-refractivity contribution in [3.63, 3.8) is 0 Å². The van der Waals surface area contributed by atoms with Gasteiger partial charge in [-0.25, -0.2) is 0 Å². The summed E-state index contributed by atoms with van der Waals surface area (Å²) >= 11 is 0. The van der Waals surface area contributed by atoms with Crippen LogP contribution in [0.25, 0.3) is 0 Å². The van der Waals surface area contributed by atoms with Gasteiger partial charge in [0.1, 0.15) is 5.75 Å². The topological polar surface area (TPSA) is 46.5 Å². The van der Waals surface area contributed by atoms with Crippen molar-refractivity contribution < 1.29 is 14.6 Å². The van der Waals surface area contributed by atoms with Crippen LogP contribution in [0.5, 0.6) is 5.75 Å². The normalized spacial score (nSPS) is 30.2. The molecule has 3 rings (SSSR count). The molecule has 3 heteroatoms. The van der Waals surface area contributed by atoms with Gasteiger partial charge in [-0.3, -0.25) is 4.79 Å². The molecule has 0 bridgehead atoms. The fraction of sp³-hybridized carbons (Fsp3) is 0.632. The van der Waals surface area contributed by atoms with E-state index in [-0.39, 0.29) is 17.1 Å². The van der Waals surface area contributed by atoms with Gasteiger partial charge in [0.05, 0.1) is 12.7 Å². The molecule has 2 atom stereocenters. The summed E-state index contributed by atoms with van der Waals surface area (Å²) in [5.41, 5.74) is 1.92. The third-order valence-electron chi connectivity index (χ3n) is 5.83. The molecule has 3 nitrogen and oxygen atoms in total. The fourth-order valence-electron chi connectivity index (χ4n) is 4.58. The summed E-state index contributed by atoms with van der Waals surface area (Å²) in [5, 5.41) is 11.3. The number of hydrogen-bond donors (Lipinski definition) is 1. The lowest BCUT2D eigenvalue weighted by molar-refractivity contribution is -0.0992. The van der Waals surface area contributed by atoms with Crippen molar-refractivity contribution in [1.82, 2.24) is 0 Å². The van der Waals surface area contributed by atoms with E-state index in [4.69, 9.17) is 4.74 Å². The van der Waals surface area contributed by atoms with E-state index in [2.05, 4.69) is 13.8 Å². The fourth-order valence-corrected chi connectivity index (χ4v) is 4.58. The first-order chi connectivity index (χ1) is 10.3. The molecule has 1 aromatic carbocycles. The summed E-state index contributed by atoms with van der Waals surface area (Å²) in [6, 6.07) is 3.88. The number of fused-ring (bicyclic) bond motifs is 2. The van der Waals surface area contributed by atoms with Gasteiger partial charge in [0, 0.05) is 24.3 Å². The molecule has 0 amide bonds. The molecule has 2 aliphatic rings. The predicted molar refractivity (Wildman–Crippen MR) is 86.5 cm³/mol. The zero-order chi connectivity index (χ0) is 16.1. The van der Waals surface area contributed by atoms with Gasteiger partial charge >= 0.3 is 0 Å². The van der Waals surface area contributed by atoms with Gasteiger partial charge in [0.25, 0.3) is 0 Å². The molecule has 2 aliphatic carbocycles. The molecule has 1 N–H and O–H groups in total. The number of methoxy groups -OCH3 is 1. The number of ketones is 1. The first-order valence-electron chi connectivity index (χ1n) is 8.20. The van der Waals surface area contributed by atoms with Crippen LogP contribution in [0.2, 0.25) is 0 Å². The van der Waals surface area contributed by atoms with E-state index in [1.807, 2.05) is 19.1 Å². The maximum Gasteiger partial charge on any atom is 0.163 e. The zero-order valence-electron chi connectivity index (χ0n) is 14.0. The highest BCUT2D eigenvalue weighted by Crippen LogP contribution is 2.51. The molecule has 0 aliphatic heterocycles. The average Bonchev–Trinajstić information content (AvgIpc) is 2.54. The molecule has 22 heavy (non-hydrogen) atoms. The lowest BCUT2D eigenvalue weighted by atomic mass is 9.59. The predicted octanol–water partition coefficient (Wildman–Crippen LogP) is 3.69. The van der Waals surface area contributed by atoms with E-state index >= 15 is 0 Å². The minimum Gasteiger partial charge on any atom is -0.496 e. The second kappa shape index (κ2) is 5.09. The van der Waals surface area contributed by atoms with Gasteiger partial charge in [-0.05, 0) is 48.4 Å². The van der Waals surface area contributed by atoms with Crippen molar-refractivity contribution in [3.05, 3.63) is 28.8 Å². The number of carbonyl (C=O) groups excluding carboxylic acids is 1. The van der Waals surface area contributed by atoms with Crippen LogP contribution in [0, 0.1) is 18.3 Å². The van der Waals surface area contributed by atoms with Gasteiger partial charge in [-0.1, -0.05) is 20.3 Å². The molecule has 0 unspecified atom stereocenters. The van der Waals surface area contributed by atoms with Crippen molar-refractivity contribution >= 4 is 5.78 Å². The maximum absolute atomic E-state index is 12.8. The summed E-state index contributed by atoms with van der Waals surface area (Å²) in [6.07, 6.45) is 3.88. The number of Topliss-reactive ketones (excluding diaryl/α,β-unsaturated/α-hetero) is 1. The third-order valence-corrected chi connectivity index (χ3v) is 5.83. The molecule has 0 saturated heterocycles. The minimum absolute atomic E-state index is 0.00380. The lowest BCUT2D eigenvalue weighted by Gasteiger charge is -2.48. The lowest BCUT2D eigenvalue weighted by Crippen LogP contribution is -2.50. The van der Waals surface area contributed by atoms with Crippen molar-refractivity contribution in [3.8, 4) is 5.75 Å². The van der Waals surface area contributed by atoms with Crippen LogP contribution in [0.15, 0.2) is 12.1 Å². The Morgan fingerprint density at radius 1 is 1.27 bits per heavy atom. The summed E-state index contributed by atoms with van der Waals surface area (Å²) in [4.78, 5) is 12.8. The van der Waals surface area contributed by atoms with Crippen molar-refractivity contribution in [2.45, 2.75) is 58.5 Å². The highest BCUT2D eigenvalue weighted by molar-refractivity contribution is 5.98. The zero-order valence-corrected chi connectivity index (χ0v) is 14.0. The van der Waals surface area contributed by atoms with Crippen molar-refractivity contribution in [2.24, 2.45) is 11.3 Å². The van der Waals surface area contributed by atoms with E-state index in [0.29, 0.717) is 12.8 Å². The molecule has 120 valence electrons. The highest BCUT2D eigenvalue weighted by atomic mass is 16.5. The molecule has 1 fully saturated rings. The van der Waals surface area contributed by atoms with E-state index < -0.39 is 5.60 Å². The minimum atomic E-state index is -0.775. The monoisotopic (exact) mass is 302 g/mol. The standard InChI is InChI=1S/C19H26O3/c1-12-8-14-13(9-16(12)22-4)11-19(21)7-5-6-18(2,3)17(19)10-15(14)20/h8-9,17,21H,5-7,10-11H2,1-4H3/t17-,19-/m0/s1. The van der Waals surface area contributed by atoms with Crippen LogP contribution in [-0.2, 0) is 6.42 Å². The Morgan fingerprint density at radius 3 is 2.68 bits per heavy atom. The molecule has 0 aromatic heterocycles. The van der Waals surface area contributed by atoms with E-state index in [0.717, 1.165) is 41.7 Å². The first-order valence-corrected chi connectivity index (χ1v) is 8.20. The van der Waals surface area contributed by atoms with Crippen LogP contribution in [-0.4, -0.2) is 23.6 Å². The Labute approximate surface area is 132 Å². The highest BCUT2D eigenvalue weighted by Gasteiger charge is 2.50. The Morgan fingerprint density at radius 2 is 2.00 bits per heavy atom. The number of carbonyl (C=O) groups is 1. The SMILES string of the molecule is COc1cc2c(cc1C)C(=O)C[C@H]1C(C)(C)CCC[C@]1(O)C2. The van der Waals surface area contributed by atoms with Gasteiger partial charge in [0.2, 0.25) is 0 Å². The van der Waals surface area contributed by atoms with E-state index in [9.17, 15) is 9.90 Å². The van der Waals surface area contributed by atoms with Gasteiger partial charge < -0.3 is 9.84 Å². The largest absolute Gasteiger partial charge is 0.496 e. The number of ether oxygens (including phenoxy) is 1. The van der Waals surface area contributed by atoms with E-state index in [1.165, 1.54) is 0 Å².